The molecule has 1 amide bonds. The molecule has 138 valence electrons. The zero-order valence-electron chi connectivity index (χ0n) is 15.6. The van der Waals surface area contributed by atoms with Crippen molar-refractivity contribution < 1.29 is 14.3 Å². The monoisotopic (exact) mass is 346 g/mol. The number of rotatable bonds is 4. The van der Waals surface area contributed by atoms with Crippen LogP contribution in [0.15, 0.2) is 24.3 Å². The summed E-state index contributed by atoms with van der Waals surface area (Å²) in [6.07, 6.45) is 3.17. The van der Waals surface area contributed by atoms with Crippen LogP contribution in [0.5, 0.6) is 5.75 Å². The Hall–Kier alpha value is -1.59. The Morgan fingerprint density at radius 3 is 2.68 bits per heavy atom. The van der Waals surface area contributed by atoms with E-state index in [4.69, 9.17) is 9.47 Å². The van der Waals surface area contributed by atoms with Gasteiger partial charge in [-0.2, -0.15) is 0 Å². The molecule has 0 spiro atoms. The molecule has 0 saturated carbocycles. The molecular weight excluding hydrogens is 316 g/mol. The number of benzene rings is 1. The van der Waals surface area contributed by atoms with E-state index in [0.29, 0.717) is 19.0 Å². The summed E-state index contributed by atoms with van der Waals surface area (Å²) in [6.45, 7) is 7.71. The van der Waals surface area contributed by atoms with Crippen molar-refractivity contribution in [1.29, 1.82) is 0 Å². The first-order chi connectivity index (χ1) is 12.0. The van der Waals surface area contributed by atoms with E-state index in [1.54, 1.807) is 7.11 Å². The summed E-state index contributed by atoms with van der Waals surface area (Å²) in [4.78, 5) is 17.1. The molecule has 1 unspecified atom stereocenters. The first-order valence-electron chi connectivity index (χ1n) is 9.35. The Balaban J connectivity index is 1.61. The van der Waals surface area contributed by atoms with E-state index in [1.807, 2.05) is 23.1 Å². The molecule has 2 heterocycles. The van der Waals surface area contributed by atoms with Crippen molar-refractivity contribution in [3.8, 4) is 5.75 Å². The lowest BCUT2D eigenvalue weighted by Crippen LogP contribution is -2.50. The molecule has 2 aliphatic heterocycles. The van der Waals surface area contributed by atoms with Crippen molar-refractivity contribution in [2.75, 3.05) is 26.7 Å². The predicted octanol–water partition coefficient (Wildman–Crippen LogP) is 2.69. The van der Waals surface area contributed by atoms with Crippen LogP contribution in [0, 0.1) is 0 Å². The lowest BCUT2D eigenvalue weighted by Gasteiger charge is -2.40. The normalized spacial score (nSPS) is 28.7. The molecule has 2 fully saturated rings. The smallest absolute Gasteiger partial charge is 0.222 e. The van der Waals surface area contributed by atoms with Gasteiger partial charge in [0.2, 0.25) is 5.91 Å². The number of methoxy groups -OCH3 is 1. The molecule has 3 atom stereocenters. The number of hydrogen-bond donors (Lipinski definition) is 0. The fourth-order valence-electron chi connectivity index (χ4n) is 4.06. The zero-order valence-corrected chi connectivity index (χ0v) is 15.6. The van der Waals surface area contributed by atoms with Crippen LogP contribution < -0.4 is 4.74 Å². The van der Waals surface area contributed by atoms with E-state index in [9.17, 15) is 4.79 Å². The number of likely N-dealkylation sites (tertiary alicyclic amines) is 1. The van der Waals surface area contributed by atoms with Gasteiger partial charge in [0.1, 0.15) is 5.75 Å². The largest absolute Gasteiger partial charge is 0.497 e. The van der Waals surface area contributed by atoms with Crippen LogP contribution in [0.1, 0.15) is 38.7 Å². The molecule has 0 N–H and O–H groups in total. The lowest BCUT2D eigenvalue weighted by atomic mass is 10.0. The number of nitrogens with zero attached hydrogens (tertiary/aromatic N) is 2. The summed E-state index contributed by atoms with van der Waals surface area (Å²) >= 11 is 0. The van der Waals surface area contributed by atoms with E-state index in [-0.39, 0.29) is 18.1 Å². The number of ether oxygens (including phenoxy) is 2. The molecule has 1 aromatic carbocycles. The van der Waals surface area contributed by atoms with Crippen LogP contribution in [0.25, 0.3) is 0 Å². The SMILES string of the molecule is COc1cccc(CN2CCC(N3C[C@@H](C)O[C@@H](C)C3)CCC2=O)c1. The molecule has 0 radical (unpaired) electrons. The molecule has 25 heavy (non-hydrogen) atoms. The van der Waals surface area contributed by atoms with Gasteiger partial charge < -0.3 is 14.4 Å². The fourth-order valence-corrected chi connectivity index (χ4v) is 4.06. The van der Waals surface area contributed by atoms with Crippen LogP contribution in [-0.4, -0.2) is 60.7 Å². The molecule has 2 aliphatic rings. The molecule has 3 rings (SSSR count). The topological polar surface area (TPSA) is 42.0 Å². The van der Waals surface area contributed by atoms with Crippen LogP contribution in [0.2, 0.25) is 0 Å². The van der Waals surface area contributed by atoms with Gasteiger partial charge in [-0.05, 0) is 44.4 Å². The number of amides is 1. The van der Waals surface area contributed by atoms with Gasteiger partial charge >= 0.3 is 0 Å². The average Bonchev–Trinajstić information content (AvgIpc) is 2.77. The molecule has 0 aliphatic carbocycles. The highest BCUT2D eigenvalue weighted by molar-refractivity contribution is 5.76. The van der Waals surface area contributed by atoms with E-state index in [2.05, 4.69) is 24.8 Å². The Labute approximate surface area is 150 Å². The molecule has 5 nitrogen and oxygen atoms in total. The Morgan fingerprint density at radius 2 is 1.96 bits per heavy atom. The van der Waals surface area contributed by atoms with Gasteiger partial charge in [0.25, 0.3) is 0 Å². The van der Waals surface area contributed by atoms with Crippen molar-refractivity contribution in [3.05, 3.63) is 29.8 Å². The third-order valence-corrected chi connectivity index (χ3v) is 5.25. The van der Waals surface area contributed by atoms with Crippen LogP contribution in [0.3, 0.4) is 0 Å². The molecule has 0 bridgehead atoms. The Morgan fingerprint density at radius 1 is 1.20 bits per heavy atom. The van der Waals surface area contributed by atoms with E-state index in [0.717, 1.165) is 43.8 Å². The van der Waals surface area contributed by atoms with Gasteiger partial charge in [0, 0.05) is 38.6 Å². The highest BCUT2D eigenvalue weighted by Crippen LogP contribution is 2.23. The third kappa shape index (κ3) is 4.73. The maximum absolute atomic E-state index is 12.6. The van der Waals surface area contributed by atoms with Gasteiger partial charge in [0.15, 0.2) is 0 Å². The number of carbonyl (C=O) groups excluding carboxylic acids is 1. The summed E-state index contributed by atoms with van der Waals surface area (Å²) in [6, 6.07) is 8.47. The van der Waals surface area contributed by atoms with Gasteiger partial charge in [-0.3, -0.25) is 9.69 Å². The average molecular weight is 346 g/mol. The third-order valence-electron chi connectivity index (χ3n) is 5.25. The molecular formula is C20H30N2O3. The second-order valence-electron chi connectivity index (χ2n) is 7.36. The second-order valence-corrected chi connectivity index (χ2v) is 7.36. The Kier molecular flexibility index (Phi) is 5.97. The summed E-state index contributed by atoms with van der Waals surface area (Å²) in [5.74, 6) is 1.11. The van der Waals surface area contributed by atoms with Gasteiger partial charge in [-0.1, -0.05) is 12.1 Å². The molecule has 5 heteroatoms. The van der Waals surface area contributed by atoms with Gasteiger partial charge in [-0.15, -0.1) is 0 Å². The van der Waals surface area contributed by atoms with Crippen LogP contribution in [-0.2, 0) is 16.1 Å². The highest BCUT2D eigenvalue weighted by Gasteiger charge is 2.31. The number of morpholine rings is 1. The minimum atomic E-state index is 0.264. The summed E-state index contributed by atoms with van der Waals surface area (Å²) in [5.41, 5.74) is 1.12. The summed E-state index contributed by atoms with van der Waals surface area (Å²) in [7, 11) is 1.67. The first-order valence-corrected chi connectivity index (χ1v) is 9.35. The zero-order chi connectivity index (χ0) is 17.8. The fraction of sp³-hybridized carbons (Fsp3) is 0.650. The van der Waals surface area contributed by atoms with Gasteiger partial charge in [-0.25, -0.2) is 0 Å². The highest BCUT2D eigenvalue weighted by atomic mass is 16.5. The minimum Gasteiger partial charge on any atom is -0.497 e. The first kappa shape index (κ1) is 18.2. The van der Waals surface area contributed by atoms with E-state index in [1.165, 1.54) is 0 Å². The van der Waals surface area contributed by atoms with Crippen molar-refractivity contribution in [3.63, 3.8) is 0 Å². The predicted molar refractivity (Wildman–Crippen MR) is 97.6 cm³/mol. The quantitative estimate of drug-likeness (QED) is 0.841. The maximum Gasteiger partial charge on any atom is 0.222 e. The molecule has 1 aromatic rings. The second kappa shape index (κ2) is 8.19. The van der Waals surface area contributed by atoms with E-state index < -0.39 is 0 Å². The van der Waals surface area contributed by atoms with Crippen LogP contribution >= 0.6 is 0 Å². The van der Waals surface area contributed by atoms with Crippen molar-refractivity contribution >= 4 is 5.91 Å². The molecule has 2 saturated heterocycles. The van der Waals surface area contributed by atoms with Gasteiger partial charge in [0.05, 0.1) is 19.3 Å². The van der Waals surface area contributed by atoms with Crippen molar-refractivity contribution in [2.24, 2.45) is 0 Å². The van der Waals surface area contributed by atoms with Crippen LogP contribution in [0.4, 0.5) is 0 Å². The minimum absolute atomic E-state index is 0.264. The van der Waals surface area contributed by atoms with E-state index >= 15 is 0 Å². The summed E-state index contributed by atoms with van der Waals surface area (Å²) < 4.78 is 11.1. The van der Waals surface area contributed by atoms with Crippen molar-refractivity contribution in [1.82, 2.24) is 9.80 Å². The van der Waals surface area contributed by atoms with Crippen molar-refractivity contribution in [2.45, 2.75) is 57.9 Å². The number of hydrogen-bond acceptors (Lipinski definition) is 4. The molecule has 0 aromatic heterocycles. The maximum atomic E-state index is 12.6. The standard InChI is InChI=1S/C20H30N2O3/c1-15-12-22(13-16(2)25-15)18-7-8-20(23)21(10-9-18)14-17-5-4-6-19(11-17)24-3/h4-6,11,15-16,18H,7-10,12-14H2,1-3H3/t15-,16+,18?. The Bertz CT molecular complexity index is 582. The summed E-state index contributed by atoms with van der Waals surface area (Å²) in [5, 5.41) is 0. The number of carbonyl (C=O) groups is 1. The lowest BCUT2D eigenvalue weighted by molar-refractivity contribution is -0.131.